The Hall–Kier alpha value is -1.18. The molecule has 0 bridgehead atoms. The number of aromatic nitrogens is 2. The summed E-state index contributed by atoms with van der Waals surface area (Å²) in [5, 5.41) is 5.15. The standard InChI is InChI=1S/C12H17N3O2S2/c1-19(16,17)10-6-13-4-7-15-8-5-14-12(15)11-3-2-9-18-11/h2-3,5,8-9,13H,4,6-7,10H2,1H3. The maximum Gasteiger partial charge on any atom is 0.150 e. The fourth-order valence-electron chi connectivity index (χ4n) is 1.70. The van der Waals surface area contributed by atoms with Crippen LogP contribution in [0.5, 0.6) is 0 Å². The lowest BCUT2D eigenvalue weighted by Crippen LogP contribution is -2.25. The molecule has 0 aliphatic heterocycles. The molecule has 0 saturated heterocycles. The summed E-state index contributed by atoms with van der Waals surface area (Å²) in [6.07, 6.45) is 4.97. The minimum atomic E-state index is -2.88. The normalized spacial score (nSPS) is 11.8. The summed E-state index contributed by atoms with van der Waals surface area (Å²) in [5.41, 5.74) is 0. The second-order valence-electron chi connectivity index (χ2n) is 4.30. The monoisotopic (exact) mass is 299 g/mol. The summed E-state index contributed by atoms with van der Waals surface area (Å²) in [6.45, 7) is 1.99. The molecule has 5 nitrogen and oxygen atoms in total. The molecule has 2 aromatic rings. The Bertz CT molecular complexity index is 603. The van der Waals surface area contributed by atoms with Crippen LogP contribution in [0.2, 0.25) is 0 Å². The molecule has 0 radical (unpaired) electrons. The molecular weight excluding hydrogens is 282 g/mol. The second kappa shape index (κ2) is 6.31. The zero-order valence-electron chi connectivity index (χ0n) is 10.7. The lowest BCUT2D eigenvalue weighted by Gasteiger charge is -2.07. The Labute approximate surface area is 117 Å². The third-order valence-corrected chi connectivity index (χ3v) is 4.45. The summed E-state index contributed by atoms with van der Waals surface area (Å²) in [5.74, 6) is 1.13. The fraction of sp³-hybridized carbons (Fsp3) is 0.417. The highest BCUT2D eigenvalue weighted by Crippen LogP contribution is 2.22. The van der Waals surface area contributed by atoms with Crippen molar-refractivity contribution in [1.82, 2.24) is 14.9 Å². The first-order valence-corrected chi connectivity index (χ1v) is 8.94. The van der Waals surface area contributed by atoms with E-state index in [1.54, 1.807) is 17.5 Å². The van der Waals surface area contributed by atoms with E-state index in [4.69, 9.17) is 0 Å². The van der Waals surface area contributed by atoms with Gasteiger partial charge in [-0.2, -0.15) is 0 Å². The number of hydrogen-bond acceptors (Lipinski definition) is 5. The fourth-order valence-corrected chi connectivity index (χ4v) is 2.95. The molecule has 2 aromatic heterocycles. The van der Waals surface area contributed by atoms with Crippen molar-refractivity contribution in [3.05, 3.63) is 29.9 Å². The highest BCUT2D eigenvalue weighted by molar-refractivity contribution is 7.90. The van der Waals surface area contributed by atoms with Crippen LogP contribution in [0.25, 0.3) is 10.7 Å². The predicted octanol–water partition coefficient (Wildman–Crippen LogP) is 1.25. The summed E-state index contributed by atoms with van der Waals surface area (Å²) in [6, 6.07) is 4.05. The Kier molecular flexibility index (Phi) is 4.73. The molecule has 1 N–H and O–H groups in total. The van der Waals surface area contributed by atoms with Gasteiger partial charge in [-0.1, -0.05) is 6.07 Å². The van der Waals surface area contributed by atoms with Gasteiger partial charge in [0.2, 0.25) is 0 Å². The molecule has 104 valence electrons. The number of thiophene rings is 1. The average molecular weight is 299 g/mol. The van der Waals surface area contributed by atoms with Gasteiger partial charge < -0.3 is 9.88 Å². The lowest BCUT2D eigenvalue weighted by molar-refractivity contribution is 0.587. The van der Waals surface area contributed by atoms with Crippen molar-refractivity contribution in [2.24, 2.45) is 0 Å². The molecule has 0 unspecified atom stereocenters. The molecule has 0 aliphatic rings. The van der Waals surface area contributed by atoms with Gasteiger partial charge in [-0.25, -0.2) is 13.4 Å². The number of imidazole rings is 1. The van der Waals surface area contributed by atoms with Crippen molar-refractivity contribution < 1.29 is 8.42 Å². The van der Waals surface area contributed by atoms with Gasteiger partial charge in [-0.05, 0) is 11.4 Å². The van der Waals surface area contributed by atoms with Gasteiger partial charge in [0.1, 0.15) is 15.7 Å². The molecule has 0 fully saturated rings. The second-order valence-corrected chi connectivity index (χ2v) is 7.51. The smallest absolute Gasteiger partial charge is 0.150 e. The molecular formula is C12H17N3O2S2. The zero-order valence-corrected chi connectivity index (χ0v) is 12.4. The van der Waals surface area contributed by atoms with Crippen LogP contribution in [0, 0.1) is 0 Å². The Morgan fingerprint density at radius 3 is 2.95 bits per heavy atom. The quantitative estimate of drug-likeness (QED) is 0.782. The number of sulfone groups is 1. The molecule has 7 heteroatoms. The molecule has 0 aliphatic carbocycles. The summed E-state index contributed by atoms with van der Waals surface area (Å²) >= 11 is 1.66. The summed E-state index contributed by atoms with van der Waals surface area (Å²) < 4.78 is 24.0. The Balaban J connectivity index is 1.83. The molecule has 0 spiro atoms. The lowest BCUT2D eigenvalue weighted by atomic mass is 10.4. The van der Waals surface area contributed by atoms with Crippen molar-refractivity contribution in [3.63, 3.8) is 0 Å². The van der Waals surface area contributed by atoms with Gasteiger partial charge >= 0.3 is 0 Å². The van der Waals surface area contributed by atoms with Crippen LogP contribution >= 0.6 is 11.3 Å². The van der Waals surface area contributed by atoms with E-state index >= 15 is 0 Å². The van der Waals surface area contributed by atoms with Gasteiger partial charge in [-0.3, -0.25) is 0 Å². The van der Waals surface area contributed by atoms with Crippen LogP contribution < -0.4 is 5.32 Å². The largest absolute Gasteiger partial charge is 0.329 e. The van der Waals surface area contributed by atoms with Gasteiger partial charge in [-0.15, -0.1) is 11.3 Å². The SMILES string of the molecule is CS(=O)(=O)CCNCCn1ccnc1-c1cccs1. The molecule has 19 heavy (non-hydrogen) atoms. The van der Waals surface area contributed by atoms with E-state index in [2.05, 4.69) is 14.9 Å². The van der Waals surface area contributed by atoms with Crippen LogP contribution in [0.15, 0.2) is 29.9 Å². The average Bonchev–Trinajstić information content (AvgIpc) is 2.96. The van der Waals surface area contributed by atoms with Crippen LogP contribution in [0.4, 0.5) is 0 Å². The van der Waals surface area contributed by atoms with Gasteiger partial charge in [0, 0.05) is 38.3 Å². The first kappa shape index (κ1) is 14.2. The topological polar surface area (TPSA) is 64.0 Å². The van der Waals surface area contributed by atoms with Crippen LogP contribution in [0.1, 0.15) is 0 Å². The third-order valence-electron chi connectivity index (χ3n) is 2.64. The maximum absolute atomic E-state index is 11.0. The van der Waals surface area contributed by atoms with Crippen molar-refractivity contribution in [1.29, 1.82) is 0 Å². The molecule has 2 heterocycles. The molecule has 0 aromatic carbocycles. The maximum atomic E-state index is 11.0. The molecule has 0 atom stereocenters. The van der Waals surface area contributed by atoms with E-state index in [-0.39, 0.29) is 5.75 Å². The third kappa shape index (κ3) is 4.45. The van der Waals surface area contributed by atoms with Crippen LogP contribution in [-0.2, 0) is 16.4 Å². The van der Waals surface area contributed by atoms with Gasteiger partial charge in [0.25, 0.3) is 0 Å². The predicted molar refractivity (Wildman–Crippen MR) is 78.1 cm³/mol. The first-order valence-electron chi connectivity index (χ1n) is 6.00. The minimum Gasteiger partial charge on any atom is -0.329 e. The molecule has 2 rings (SSSR count). The van der Waals surface area contributed by atoms with Crippen molar-refractivity contribution in [3.8, 4) is 10.7 Å². The number of rotatable bonds is 7. The van der Waals surface area contributed by atoms with E-state index in [1.807, 2.05) is 23.7 Å². The van der Waals surface area contributed by atoms with E-state index in [9.17, 15) is 8.42 Å². The molecule has 0 saturated carbocycles. The van der Waals surface area contributed by atoms with Crippen LogP contribution in [0.3, 0.4) is 0 Å². The van der Waals surface area contributed by atoms with E-state index in [0.29, 0.717) is 6.54 Å². The van der Waals surface area contributed by atoms with Gasteiger partial charge in [0.05, 0.1) is 10.6 Å². The van der Waals surface area contributed by atoms with E-state index in [0.717, 1.165) is 23.8 Å². The zero-order chi connectivity index (χ0) is 13.7. The Morgan fingerprint density at radius 1 is 1.42 bits per heavy atom. The summed E-state index contributed by atoms with van der Waals surface area (Å²) in [4.78, 5) is 5.49. The highest BCUT2D eigenvalue weighted by atomic mass is 32.2. The van der Waals surface area contributed by atoms with E-state index in [1.165, 1.54) is 6.26 Å². The van der Waals surface area contributed by atoms with Crippen LogP contribution in [-0.4, -0.2) is 43.1 Å². The molecule has 0 amide bonds. The first-order chi connectivity index (χ1) is 9.06. The number of hydrogen-bond donors (Lipinski definition) is 1. The Morgan fingerprint density at radius 2 is 2.26 bits per heavy atom. The van der Waals surface area contributed by atoms with Crippen molar-refractivity contribution >= 4 is 21.2 Å². The van der Waals surface area contributed by atoms with E-state index < -0.39 is 9.84 Å². The van der Waals surface area contributed by atoms with Gasteiger partial charge in [0.15, 0.2) is 0 Å². The van der Waals surface area contributed by atoms with Crippen molar-refractivity contribution in [2.45, 2.75) is 6.54 Å². The number of nitrogens with one attached hydrogen (secondary N) is 1. The highest BCUT2D eigenvalue weighted by Gasteiger charge is 2.06. The van der Waals surface area contributed by atoms with Crippen molar-refractivity contribution in [2.75, 3.05) is 25.1 Å². The number of nitrogens with zero attached hydrogens (tertiary/aromatic N) is 2. The minimum absolute atomic E-state index is 0.175. The summed E-state index contributed by atoms with van der Waals surface area (Å²) in [7, 11) is -2.88.